The highest BCUT2D eigenvalue weighted by molar-refractivity contribution is 6.02. The van der Waals surface area contributed by atoms with E-state index >= 15 is 0 Å². The number of anilines is 1. The number of nitrogens with one attached hydrogen (secondary N) is 1. The van der Waals surface area contributed by atoms with Gasteiger partial charge in [-0.15, -0.1) is 0 Å². The summed E-state index contributed by atoms with van der Waals surface area (Å²) in [5.74, 6) is -0.495. The van der Waals surface area contributed by atoms with Crippen LogP contribution in [0.3, 0.4) is 0 Å². The Hall–Kier alpha value is -4.77. The number of nitrogens with zero attached hydrogens (tertiary/aromatic N) is 4. The maximum Gasteiger partial charge on any atom is 0.313 e. The molecule has 37 heavy (non-hydrogen) atoms. The molecule has 0 spiro atoms. The molecule has 4 aromatic rings. The zero-order valence-electron chi connectivity index (χ0n) is 20.1. The number of nitro groups is 1. The summed E-state index contributed by atoms with van der Waals surface area (Å²) in [6.07, 6.45) is 2.90. The van der Waals surface area contributed by atoms with E-state index < -0.39 is 4.92 Å². The third kappa shape index (κ3) is 6.08. The number of aromatic nitrogens is 2. The van der Waals surface area contributed by atoms with E-state index in [1.807, 2.05) is 19.0 Å². The van der Waals surface area contributed by atoms with Gasteiger partial charge < -0.3 is 20.2 Å². The van der Waals surface area contributed by atoms with Gasteiger partial charge in [0.25, 0.3) is 0 Å². The molecule has 190 valence electrons. The van der Waals surface area contributed by atoms with Crippen LogP contribution in [0, 0.1) is 15.9 Å². The van der Waals surface area contributed by atoms with Crippen LogP contribution >= 0.6 is 0 Å². The molecule has 0 saturated heterocycles. The van der Waals surface area contributed by atoms with Crippen LogP contribution in [0.1, 0.15) is 5.56 Å². The van der Waals surface area contributed by atoms with Gasteiger partial charge in [-0.2, -0.15) is 4.73 Å². The molecule has 11 heteroatoms. The first-order valence-corrected chi connectivity index (χ1v) is 11.2. The molecule has 0 bridgehead atoms. The van der Waals surface area contributed by atoms with Crippen LogP contribution in [0.5, 0.6) is 5.75 Å². The lowest BCUT2D eigenvalue weighted by molar-refractivity contribution is -0.385. The zero-order valence-corrected chi connectivity index (χ0v) is 20.1. The van der Waals surface area contributed by atoms with Crippen molar-refractivity contribution in [2.45, 2.75) is 0 Å². The number of nitro benzene ring substituents is 1. The number of halogens is 1. The fraction of sp³-hybridized carbons (Fsp3) is 0.154. The molecular formula is C26H24FN5O5. The Balaban J connectivity index is 1.52. The van der Waals surface area contributed by atoms with Gasteiger partial charge in [-0.05, 0) is 62.1 Å². The summed E-state index contributed by atoms with van der Waals surface area (Å²) >= 11 is 0. The van der Waals surface area contributed by atoms with Crippen molar-refractivity contribution in [3.05, 3.63) is 88.2 Å². The van der Waals surface area contributed by atoms with Crippen molar-refractivity contribution in [2.75, 3.05) is 32.6 Å². The van der Waals surface area contributed by atoms with Gasteiger partial charge in [-0.3, -0.25) is 14.9 Å². The van der Waals surface area contributed by atoms with Gasteiger partial charge in [-0.25, -0.2) is 9.37 Å². The first kappa shape index (κ1) is 25.3. The van der Waals surface area contributed by atoms with E-state index in [1.165, 1.54) is 30.3 Å². The Labute approximate surface area is 211 Å². The molecular weight excluding hydrogens is 481 g/mol. The zero-order chi connectivity index (χ0) is 26.5. The molecule has 0 unspecified atom stereocenters. The molecule has 10 nitrogen and oxygen atoms in total. The molecule has 0 radical (unpaired) electrons. The molecule has 1 amide bonds. The summed E-state index contributed by atoms with van der Waals surface area (Å²) in [5.41, 5.74) is 1.91. The minimum atomic E-state index is -0.570. The average Bonchev–Trinajstić information content (AvgIpc) is 3.18. The van der Waals surface area contributed by atoms with Crippen molar-refractivity contribution >= 4 is 34.4 Å². The van der Waals surface area contributed by atoms with E-state index in [0.29, 0.717) is 28.9 Å². The standard InChI is InChI=1S/C26H24FN5O5/c1-30(2)13-14-37-24-15-21-22(16-23(24)32(35)36)31(34)26(29-21)18-6-10-20(11-7-18)28-25(33)12-5-17-3-8-19(27)9-4-17/h3-12,15-16,34H,13-14H2,1-2H3,(H,28,33)/b12-5+. The summed E-state index contributed by atoms with van der Waals surface area (Å²) in [7, 11) is 3.73. The highest BCUT2D eigenvalue weighted by Gasteiger charge is 2.22. The van der Waals surface area contributed by atoms with Gasteiger partial charge in [0.1, 0.15) is 17.9 Å². The number of rotatable bonds is 9. The molecule has 2 N–H and O–H groups in total. The molecule has 0 saturated carbocycles. The summed E-state index contributed by atoms with van der Waals surface area (Å²) in [5, 5.41) is 25.0. The Morgan fingerprint density at radius 1 is 1.19 bits per heavy atom. The van der Waals surface area contributed by atoms with Crippen LogP contribution in [0.25, 0.3) is 28.5 Å². The highest BCUT2D eigenvalue weighted by Crippen LogP contribution is 2.34. The fourth-order valence-electron chi connectivity index (χ4n) is 3.50. The van der Waals surface area contributed by atoms with Crippen LogP contribution in [0.2, 0.25) is 0 Å². The van der Waals surface area contributed by atoms with E-state index in [0.717, 1.165) is 4.73 Å². The first-order valence-electron chi connectivity index (χ1n) is 11.2. The third-order valence-corrected chi connectivity index (χ3v) is 5.41. The maximum atomic E-state index is 13.0. The number of carbonyl (C=O) groups is 1. The SMILES string of the molecule is CN(C)CCOc1cc2nc(-c3ccc(NC(=O)/C=C/c4ccc(F)cc4)cc3)n(O)c2cc1[N+](=O)[O-]. The third-order valence-electron chi connectivity index (χ3n) is 5.41. The maximum absolute atomic E-state index is 13.0. The Bertz CT molecular complexity index is 1460. The normalized spacial score (nSPS) is 11.4. The number of imidazole rings is 1. The molecule has 0 aliphatic carbocycles. The van der Waals surface area contributed by atoms with Crippen LogP contribution in [0.4, 0.5) is 15.8 Å². The van der Waals surface area contributed by atoms with Crippen molar-refractivity contribution in [1.29, 1.82) is 0 Å². The van der Waals surface area contributed by atoms with E-state index in [-0.39, 0.29) is 41.1 Å². The topological polar surface area (TPSA) is 123 Å². The van der Waals surface area contributed by atoms with Gasteiger partial charge in [-0.1, -0.05) is 12.1 Å². The predicted molar refractivity (Wildman–Crippen MR) is 137 cm³/mol. The lowest BCUT2D eigenvalue weighted by atomic mass is 10.2. The quantitative estimate of drug-likeness (QED) is 0.148. The van der Waals surface area contributed by atoms with Crippen molar-refractivity contribution in [1.82, 2.24) is 14.6 Å². The van der Waals surface area contributed by atoms with E-state index in [1.54, 1.807) is 42.5 Å². The van der Waals surface area contributed by atoms with Gasteiger partial charge in [0.05, 0.1) is 10.4 Å². The number of ether oxygens (including phenoxy) is 1. The molecule has 3 aromatic carbocycles. The number of carbonyl (C=O) groups excluding carboxylic acids is 1. The van der Waals surface area contributed by atoms with Crippen molar-refractivity contribution in [2.24, 2.45) is 0 Å². The second-order valence-electron chi connectivity index (χ2n) is 8.42. The molecule has 4 rings (SSSR count). The Morgan fingerprint density at radius 2 is 1.89 bits per heavy atom. The van der Waals surface area contributed by atoms with E-state index in [4.69, 9.17) is 4.74 Å². The lowest BCUT2D eigenvalue weighted by Gasteiger charge is -2.11. The van der Waals surface area contributed by atoms with E-state index in [9.17, 15) is 24.5 Å². The number of fused-ring (bicyclic) bond motifs is 1. The lowest BCUT2D eigenvalue weighted by Crippen LogP contribution is -2.19. The number of hydrogen-bond acceptors (Lipinski definition) is 7. The summed E-state index contributed by atoms with van der Waals surface area (Å²) < 4.78 is 19.4. The van der Waals surface area contributed by atoms with Crippen LogP contribution in [-0.2, 0) is 4.79 Å². The van der Waals surface area contributed by atoms with Gasteiger partial charge in [0.2, 0.25) is 5.91 Å². The summed E-state index contributed by atoms with van der Waals surface area (Å²) in [6.45, 7) is 0.818. The summed E-state index contributed by atoms with van der Waals surface area (Å²) in [4.78, 5) is 29.5. The van der Waals surface area contributed by atoms with Gasteiger partial charge >= 0.3 is 5.69 Å². The second-order valence-corrected chi connectivity index (χ2v) is 8.42. The minimum absolute atomic E-state index is 0.0655. The number of benzene rings is 3. The van der Waals surface area contributed by atoms with Crippen molar-refractivity contribution < 1.29 is 24.1 Å². The van der Waals surface area contributed by atoms with Crippen molar-refractivity contribution in [3.8, 4) is 17.1 Å². The van der Waals surface area contributed by atoms with E-state index in [2.05, 4.69) is 10.3 Å². The number of hydrogen-bond donors (Lipinski definition) is 2. The number of likely N-dealkylation sites (N-methyl/N-ethyl adjacent to an activating group) is 1. The largest absolute Gasteiger partial charge is 0.485 e. The fourth-order valence-corrected chi connectivity index (χ4v) is 3.50. The Kier molecular flexibility index (Phi) is 7.44. The average molecular weight is 506 g/mol. The van der Waals surface area contributed by atoms with Gasteiger partial charge in [0.15, 0.2) is 11.6 Å². The molecule has 0 atom stereocenters. The molecule has 0 fully saturated rings. The molecule has 1 aromatic heterocycles. The van der Waals surface area contributed by atoms with Crippen LogP contribution in [-0.4, -0.2) is 57.9 Å². The smallest absolute Gasteiger partial charge is 0.313 e. The monoisotopic (exact) mass is 505 g/mol. The molecule has 0 aliphatic rings. The first-order chi connectivity index (χ1) is 17.7. The molecule has 0 aliphatic heterocycles. The van der Waals surface area contributed by atoms with Crippen molar-refractivity contribution in [3.63, 3.8) is 0 Å². The highest BCUT2D eigenvalue weighted by atomic mass is 19.1. The minimum Gasteiger partial charge on any atom is -0.485 e. The number of amides is 1. The second kappa shape index (κ2) is 10.9. The van der Waals surface area contributed by atoms with Gasteiger partial charge in [0, 0.05) is 36.0 Å². The summed E-state index contributed by atoms with van der Waals surface area (Å²) in [6, 6.07) is 15.0. The van der Waals surface area contributed by atoms with Crippen LogP contribution in [0.15, 0.2) is 66.7 Å². The predicted octanol–water partition coefficient (Wildman–Crippen LogP) is 4.58. The Morgan fingerprint density at radius 3 is 2.54 bits per heavy atom. The van der Waals surface area contributed by atoms with Crippen LogP contribution < -0.4 is 10.1 Å². The molecule has 1 heterocycles.